The van der Waals surface area contributed by atoms with Crippen LogP contribution in [-0.2, 0) is 12.8 Å². The summed E-state index contributed by atoms with van der Waals surface area (Å²) in [6, 6.07) is 22.4. The standard InChI is InChI=1S/C23H23N3O2S/c1-16(28-20-13-11-19(27-3)12-14-20)22-24-25-23(26(22)2)29-15-18-9-6-8-17-7-4-5-10-21(17)18/h4-14,16H,15H2,1-3H3. The molecule has 1 atom stereocenters. The molecule has 0 saturated heterocycles. The zero-order valence-electron chi connectivity index (χ0n) is 16.7. The van der Waals surface area contributed by atoms with Gasteiger partial charge in [-0.2, -0.15) is 0 Å². The van der Waals surface area contributed by atoms with Gasteiger partial charge in [0.15, 0.2) is 17.1 Å². The summed E-state index contributed by atoms with van der Waals surface area (Å²) in [5.74, 6) is 3.20. The molecule has 0 bridgehead atoms. The molecule has 0 N–H and O–H groups in total. The van der Waals surface area contributed by atoms with Gasteiger partial charge in [-0.25, -0.2) is 0 Å². The minimum atomic E-state index is -0.215. The van der Waals surface area contributed by atoms with Crippen LogP contribution in [0.25, 0.3) is 10.8 Å². The van der Waals surface area contributed by atoms with Crippen molar-refractivity contribution in [3.05, 3.63) is 78.1 Å². The van der Waals surface area contributed by atoms with Crippen molar-refractivity contribution in [3.8, 4) is 11.5 Å². The van der Waals surface area contributed by atoms with Gasteiger partial charge in [0.05, 0.1) is 7.11 Å². The highest BCUT2D eigenvalue weighted by atomic mass is 32.2. The van der Waals surface area contributed by atoms with Gasteiger partial charge in [0, 0.05) is 12.8 Å². The van der Waals surface area contributed by atoms with Crippen LogP contribution in [0.5, 0.6) is 11.5 Å². The van der Waals surface area contributed by atoms with Gasteiger partial charge in [0.2, 0.25) is 0 Å². The van der Waals surface area contributed by atoms with Gasteiger partial charge in [-0.3, -0.25) is 0 Å². The molecule has 29 heavy (non-hydrogen) atoms. The Morgan fingerprint density at radius 1 is 0.931 bits per heavy atom. The van der Waals surface area contributed by atoms with Crippen LogP contribution in [-0.4, -0.2) is 21.9 Å². The number of thioether (sulfide) groups is 1. The fourth-order valence-electron chi connectivity index (χ4n) is 3.28. The Morgan fingerprint density at radius 2 is 1.66 bits per heavy atom. The van der Waals surface area contributed by atoms with E-state index in [1.165, 1.54) is 16.3 Å². The lowest BCUT2D eigenvalue weighted by Gasteiger charge is -2.14. The van der Waals surface area contributed by atoms with Crippen LogP contribution in [0.3, 0.4) is 0 Å². The number of hydrogen-bond donors (Lipinski definition) is 0. The highest BCUT2D eigenvalue weighted by molar-refractivity contribution is 7.98. The van der Waals surface area contributed by atoms with Crippen molar-refractivity contribution in [3.63, 3.8) is 0 Å². The summed E-state index contributed by atoms with van der Waals surface area (Å²) in [5.41, 5.74) is 1.29. The number of nitrogens with zero attached hydrogens (tertiary/aromatic N) is 3. The summed E-state index contributed by atoms with van der Waals surface area (Å²) >= 11 is 1.68. The first-order valence-corrected chi connectivity index (χ1v) is 10.4. The molecule has 148 valence electrons. The number of hydrogen-bond acceptors (Lipinski definition) is 5. The maximum Gasteiger partial charge on any atom is 0.191 e. The van der Waals surface area contributed by atoms with E-state index >= 15 is 0 Å². The summed E-state index contributed by atoms with van der Waals surface area (Å²) in [5, 5.41) is 12.1. The molecule has 0 fully saturated rings. The van der Waals surface area contributed by atoms with Gasteiger partial charge in [-0.1, -0.05) is 54.2 Å². The van der Waals surface area contributed by atoms with E-state index in [9.17, 15) is 0 Å². The second kappa shape index (κ2) is 8.57. The monoisotopic (exact) mass is 405 g/mol. The molecule has 1 heterocycles. The van der Waals surface area contributed by atoms with Crippen LogP contribution >= 0.6 is 11.8 Å². The first kappa shape index (κ1) is 19.3. The molecule has 0 radical (unpaired) electrons. The van der Waals surface area contributed by atoms with Crippen molar-refractivity contribution in [2.75, 3.05) is 7.11 Å². The van der Waals surface area contributed by atoms with E-state index in [2.05, 4.69) is 52.7 Å². The third kappa shape index (κ3) is 4.22. The number of aromatic nitrogens is 3. The lowest BCUT2D eigenvalue weighted by molar-refractivity contribution is 0.211. The Balaban J connectivity index is 1.46. The Bertz CT molecular complexity index is 1100. The summed E-state index contributed by atoms with van der Waals surface area (Å²) < 4.78 is 13.2. The zero-order valence-corrected chi connectivity index (χ0v) is 17.5. The molecule has 0 amide bonds. The van der Waals surface area contributed by atoms with Crippen molar-refractivity contribution in [2.24, 2.45) is 7.05 Å². The molecule has 0 spiro atoms. The molecule has 3 aromatic carbocycles. The number of fused-ring (bicyclic) bond motifs is 1. The zero-order chi connectivity index (χ0) is 20.2. The maximum atomic E-state index is 6.03. The number of rotatable bonds is 7. The molecule has 0 aliphatic carbocycles. The smallest absolute Gasteiger partial charge is 0.191 e. The molecule has 0 aliphatic heterocycles. The predicted octanol–water partition coefficient (Wildman–Crippen LogP) is 5.41. The fraction of sp³-hybridized carbons (Fsp3) is 0.217. The van der Waals surface area contributed by atoms with E-state index in [1.54, 1.807) is 18.9 Å². The van der Waals surface area contributed by atoms with Crippen LogP contribution in [0.15, 0.2) is 71.9 Å². The Labute approximate surface area is 174 Å². The van der Waals surface area contributed by atoms with E-state index in [0.29, 0.717) is 0 Å². The Hall–Kier alpha value is -2.99. The number of benzene rings is 3. The lowest BCUT2D eigenvalue weighted by Crippen LogP contribution is -2.10. The third-order valence-electron chi connectivity index (χ3n) is 4.84. The van der Waals surface area contributed by atoms with Crippen molar-refractivity contribution in [1.29, 1.82) is 0 Å². The quantitative estimate of drug-likeness (QED) is 0.385. The molecule has 4 rings (SSSR count). The van der Waals surface area contributed by atoms with Crippen LogP contribution in [0.2, 0.25) is 0 Å². The van der Waals surface area contributed by atoms with Crippen molar-refractivity contribution < 1.29 is 9.47 Å². The molecular weight excluding hydrogens is 382 g/mol. The second-order valence-corrected chi connectivity index (χ2v) is 7.70. The molecule has 1 unspecified atom stereocenters. The molecule has 5 nitrogen and oxygen atoms in total. The van der Waals surface area contributed by atoms with E-state index < -0.39 is 0 Å². The molecule has 0 aliphatic rings. The van der Waals surface area contributed by atoms with Crippen molar-refractivity contribution in [1.82, 2.24) is 14.8 Å². The molecule has 4 aromatic rings. The summed E-state index contributed by atoms with van der Waals surface area (Å²) in [7, 11) is 3.63. The minimum absolute atomic E-state index is 0.215. The molecule has 0 saturated carbocycles. The molecule has 6 heteroatoms. The average Bonchev–Trinajstić information content (AvgIpc) is 3.13. The van der Waals surface area contributed by atoms with Crippen LogP contribution in [0, 0.1) is 0 Å². The number of methoxy groups -OCH3 is 1. The average molecular weight is 406 g/mol. The van der Waals surface area contributed by atoms with Crippen LogP contribution in [0.1, 0.15) is 24.4 Å². The summed E-state index contributed by atoms with van der Waals surface area (Å²) in [6.45, 7) is 1.98. The van der Waals surface area contributed by atoms with E-state index in [0.717, 1.165) is 28.2 Å². The predicted molar refractivity (Wildman–Crippen MR) is 117 cm³/mol. The minimum Gasteiger partial charge on any atom is -0.497 e. The number of ether oxygens (including phenoxy) is 2. The largest absolute Gasteiger partial charge is 0.497 e. The van der Waals surface area contributed by atoms with Gasteiger partial charge < -0.3 is 14.0 Å². The fourth-order valence-corrected chi connectivity index (χ4v) is 4.20. The Morgan fingerprint density at radius 3 is 2.45 bits per heavy atom. The van der Waals surface area contributed by atoms with Crippen LogP contribution < -0.4 is 9.47 Å². The summed E-state index contributed by atoms with van der Waals surface area (Å²) in [4.78, 5) is 0. The first-order chi connectivity index (χ1) is 14.2. The topological polar surface area (TPSA) is 49.2 Å². The van der Waals surface area contributed by atoms with E-state index in [1.807, 2.05) is 42.8 Å². The van der Waals surface area contributed by atoms with Gasteiger partial charge in [-0.15, -0.1) is 10.2 Å². The Kier molecular flexibility index (Phi) is 5.71. The van der Waals surface area contributed by atoms with Crippen molar-refractivity contribution >= 4 is 22.5 Å². The third-order valence-corrected chi connectivity index (χ3v) is 5.91. The summed E-state index contributed by atoms with van der Waals surface area (Å²) in [6.07, 6.45) is -0.215. The lowest BCUT2D eigenvalue weighted by atomic mass is 10.1. The maximum absolute atomic E-state index is 6.03. The molecular formula is C23H23N3O2S. The normalized spacial score (nSPS) is 12.1. The van der Waals surface area contributed by atoms with Crippen LogP contribution in [0.4, 0.5) is 0 Å². The highest BCUT2D eigenvalue weighted by Crippen LogP contribution is 2.28. The van der Waals surface area contributed by atoms with E-state index in [4.69, 9.17) is 9.47 Å². The van der Waals surface area contributed by atoms with Gasteiger partial charge >= 0.3 is 0 Å². The second-order valence-electron chi connectivity index (χ2n) is 6.76. The van der Waals surface area contributed by atoms with Gasteiger partial charge in [0.25, 0.3) is 0 Å². The van der Waals surface area contributed by atoms with Gasteiger partial charge in [-0.05, 0) is 47.5 Å². The molecule has 1 aromatic heterocycles. The highest BCUT2D eigenvalue weighted by Gasteiger charge is 2.17. The van der Waals surface area contributed by atoms with E-state index in [-0.39, 0.29) is 6.10 Å². The van der Waals surface area contributed by atoms with Gasteiger partial charge in [0.1, 0.15) is 11.5 Å². The van der Waals surface area contributed by atoms with Crippen molar-refractivity contribution in [2.45, 2.75) is 23.9 Å². The first-order valence-electron chi connectivity index (χ1n) is 9.45. The SMILES string of the molecule is COc1ccc(OC(C)c2nnc(SCc3cccc4ccccc34)n2C)cc1.